The van der Waals surface area contributed by atoms with Crippen LogP contribution in [0.15, 0.2) is 18.2 Å². The second-order valence-electron chi connectivity index (χ2n) is 4.72. The number of nitrogens with two attached hydrogens (primary N) is 1. The first-order valence-corrected chi connectivity index (χ1v) is 5.88. The van der Waals surface area contributed by atoms with Gasteiger partial charge in [0.2, 0.25) is 0 Å². The smallest absolute Gasteiger partial charge is 0.122 e. The van der Waals surface area contributed by atoms with E-state index in [0.29, 0.717) is 6.04 Å². The molecule has 1 unspecified atom stereocenters. The monoisotopic (exact) mass is 220 g/mol. The van der Waals surface area contributed by atoms with E-state index in [-0.39, 0.29) is 0 Å². The molecule has 1 fully saturated rings. The van der Waals surface area contributed by atoms with E-state index in [1.165, 1.54) is 19.3 Å². The average molecular weight is 220 g/mol. The lowest BCUT2D eigenvalue weighted by atomic mass is 10.1. The molecule has 1 aliphatic rings. The summed E-state index contributed by atoms with van der Waals surface area (Å²) in [5, 5.41) is 3.47. The first-order chi connectivity index (χ1) is 7.67. The Bertz CT molecular complexity index is 361. The highest BCUT2D eigenvalue weighted by atomic mass is 16.5. The van der Waals surface area contributed by atoms with Crippen LogP contribution in [0.2, 0.25) is 0 Å². The fraction of sp³-hybridized carbons (Fsp3) is 0.538. The summed E-state index contributed by atoms with van der Waals surface area (Å²) in [4.78, 5) is 0. The van der Waals surface area contributed by atoms with Crippen molar-refractivity contribution in [2.24, 2.45) is 5.92 Å². The molecule has 88 valence electrons. The molecule has 1 aromatic rings. The lowest BCUT2D eigenvalue weighted by molar-refractivity contribution is 0.415. The Labute approximate surface area is 97.0 Å². The molecule has 0 bridgehead atoms. The van der Waals surface area contributed by atoms with Crippen LogP contribution >= 0.6 is 0 Å². The molecular weight excluding hydrogens is 200 g/mol. The lowest BCUT2D eigenvalue weighted by Crippen LogP contribution is -2.15. The Morgan fingerprint density at radius 1 is 1.44 bits per heavy atom. The molecule has 0 spiro atoms. The summed E-state index contributed by atoms with van der Waals surface area (Å²) < 4.78 is 5.19. The van der Waals surface area contributed by atoms with Crippen LogP contribution in [0.4, 0.5) is 11.4 Å². The molecular formula is C13H20N2O. The van der Waals surface area contributed by atoms with Crippen LogP contribution in [0, 0.1) is 5.92 Å². The Morgan fingerprint density at radius 2 is 2.19 bits per heavy atom. The van der Waals surface area contributed by atoms with Gasteiger partial charge < -0.3 is 15.8 Å². The highest BCUT2D eigenvalue weighted by Gasteiger charge is 2.23. The van der Waals surface area contributed by atoms with Crippen molar-refractivity contribution in [1.29, 1.82) is 0 Å². The molecule has 16 heavy (non-hydrogen) atoms. The van der Waals surface area contributed by atoms with Crippen LogP contribution in [-0.2, 0) is 0 Å². The van der Waals surface area contributed by atoms with E-state index in [2.05, 4.69) is 12.2 Å². The maximum atomic E-state index is 5.80. The van der Waals surface area contributed by atoms with E-state index in [1.807, 2.05) is 18.2 Å². The molecule has 0 radical (unpaired) electrons. The van der Waals surface area contributed by atoms with E-state index < -0.39 is 0 Å². The van der Waals surface area contributed by atoms with Crippen molar-refractivity contribution in [3.63, 3.8) is 0 Å². The zero-order valence-electron chi connectivity index (χ0n) is 9.99. The maximum Gasteiger partial charge on any atom is 0.122 e. The molecule has 0 amide bonds. The van der Waals surface area contributed by atoms with E-state index >= 15 is 0 Å². The summed E-state index contributed by atoms with van der Waals surface area (Å²) in [5.74, 6) is 1.74. The van der Waals surface area contributed by atoms with Crippen LogP contribution in [0.25, 0.3) is 0 Å². The summed E-state index contributed by atoms with van der Waals surface area (Å²) in [6, 6.07) is 6.27. The molecule has 0 aliphatic heterocycles. The van der Waals surface area contributed by atoms with Gasteiger partial charge in [-0.15, -0.1) is 0 Å². The number of ether oxygens (including phenoxy) is 1. The number of hydrogen-bond donors (Lipinski definition) is 2. The summed E-state index contributed by atoms with van der Waals surface area (Å²) >= 11 is 0. The minimum absolute atomic E-state index is 0.499. The molecule has 1 saturated carbocycles. The van der Waals surface area contributed by atoms with E-state index in [4.69, 9.17) is 10.5 Å². The molecule has 3 N–H and O–H groups in total. The number of hydrogen-bond acceptors (Lipinski definition) is 3. The van der Waals surface area contributed by atoms with E-state index in [0.717, 1.165) is 23.0 Å². The number of nitrogen functional groups attached to an aromatic ring is 1. The Kier molecular flexibility index (Phi) is 3.22. The topological polar surface area (TPSA) is 47.3 Å². The maximum absolute atomic E-state index is 5.80. The molecule has 1 atom stereocenters. The van der Waals surface area contributed by atoms with Crippen LogP contribution < -0.4 is 15.8 Å². The van der Waals surface area contributed by atoms with Gasteiger partial charge in [-0.3, -0.25) is 0 Å². The minimum Gasteiger partial charge on any atom is -0.497 e. The second-order valence-corrected chi connectivity index (χ2v) is 4.72. The van der Waals surface area contributed by atoms with Gasteiger partial charge in [0.05, 0.1) is 7.11 Å². The zero-order valence-corrected chi connectivity index (χ0v) is 9.99. The van der Waals surface area contributed by atoms with Crippen molar-refractivity contribution in [3.8, 4) is 5.75 Å². The molecule has 1 aromatic carbocycles. The quantitative estimate of drug-likeness (QED) is 0.750. The Hall–Kier alpha value is -1.38. The van der Waals surface area contributed by atoms with Gasteiger partial charge in [0.25, 0.3) is 0 Å². The molecule has 1 aliphatic carbocycles. The van der Waals surface area contributed by atoms with Crippen molar-refractivity contribution in [2.45, 2.75) is 32.2 Å². The highest BCUT2D eigenvalue weighted by Crippen LogP contribution is 2.34. The van der Waals surface area contributed by atoms with Crippen molar-refractivity contribution < 1.29 is 4.74 Å². The largest absolute Gasteiger partial charge is 0.497 e. The third-order valence-electron chi connectivity index (χ3n) is 2.96. The van der Waals surface area contributed by atoms with E-state index in [9.17, 15) is 0 Å². The van der Waals surface area contributed by atoms with Gasteiger partial charge in [0.1, 0.15) is 5.75 Å². The Morgan fingerprint density at radius 3 is 2.81 bits per heavy atom. The summed E-state index contributed by atoms with van der Waals surface area (Å²) in [5.41, 5.74) is 7.59. The van der Waals surface area contributed by atoms with Crippen molar-refractivity contribution in [1.82, 2.24) is 0 Å². The third kappa shape index (κ3) is 3.05. The van der Waals surface area contributed by atoms with Gasteiger partial charge in [-0.05, 0) is 25.3 Å². The predicted octanol–water partition coefficient (Wildman–Crippen LogP) is 2.88. The molecule has 3 nitrogen and oxygen atoms in total. The van der Waals surface area contributed by atoms with Crippen LogP contribution in [-0.4, -0.2) is 13.2 Å². The summed E-state index contributed by atoms with van der Waals surface area (Å²) in [6.45, 7) is 2.22. The van der Waals surface area contributed by atoms with Crippen LogP contribution in [0.5, 0.6) is 5.75 Å². The van der Waals surface area contributed by atoms with Gasteiger partial charge in [0, 0.05) is 29.5 Å². The zero-order chi connectivity index (χ0) is 11.5. The van der Waals surface area contributed by atoms with E-state index in [1.54, 1.807) is 7.11 Å². The first kappa shape index (κ1) is 11.1. The molecule has 3 heteroatoms. The molecule has 2 rings (SSSR count). The van der Waals surface area contributed by atoms with Crippen molar-refractivity contribution >= 4 is 11.4 Å². The van der Waals surface area contributed by atoms with Crippen molar-refractivity contribution in [2.75, 3.05) is 18.2 Å². The normalized spacial score (nSPS) is 16.9. The third-order valence-corrected chi connectivity index (χ3v) is 2.96. The number of anilines is 2. The minimum atomic E-state index is 0.499. The number of rotatable bonds is 5. The SMILES string of the molecule is COc1cc(N)cc(NC(C)CC2CC2)c1. The number of nitrogens with one attached hydrogen (secondary N) is 1. The van der Waals surface area contributed by atoms with Gasteiger partial charge >= 0.3 is 0 Å². The van der Waals surface area contributed by atoms with Crippen LogP contribution in [0.3, 0.4) is 0 Å². The van der Waals surface area contributed by atoms with Gasteiger partial charge in [0.15, 0.2) is 0 Å². The fourth-order valence-corrected chi connectivity index (χ4v) is 2.02. The van der Waals surface area contributed by atoms with Gasteiger partial charge in [-0.1, -0.05) is 12.8 Å². The highest BCUT2D eigenvalue weighted by molar-refractivity contribution is 5.59. The number of methoxy groups -OCH3 is 1. The number of benzene rings is 1. The van der Waals surface area contributed by atoms with Gasteiger partial charge in [-0.25, -0.2) is 0 Å². The molecule has 0 saturated heterocycles. The average Bonchev–Trinajstić information content (AvgIpc) is 3.00. The first-order valence-electron chi connectivity index (χ1n) is 5.88. The fourth-order valence-electron chi connectivity index (χ4n) is 2.02. The van der Waals surface area contributed by atoms with Gasteiger partial charge in [-0.2, -0.15) is 0 Å². The standard InChI is InChI=1S/C13H20N2O/c1-9(5-10-3-4-10)15-12-6-11(14)7-13(8-12)16-2/h6-10,15H,3-5,14H2,1-2H3. The predicted molar refractivity (Wildman–Crippen MR) is 67.8 cm³/mol. The summed E-state index contributed by atoms with van der Waals surface area (Å²) in [7, 11) is 1.66. The Balaban J connectivity index is 1.98. The van der Waals surface area contributed by atoms with Crippen molar-refractivity contribution in [3.05, 3.63) is 18.2 Å². The second kappa shape index (κ2) is 4.64. The lowest BCUT2D eigenvalue weighted by Gasteiger charge is -2.16. The molecule has 0 heterocycles. The summed E-state index contributed by atoms with van der Waals surface area (Å²) in [6.07, 6.45) is 4.04. The van der Waals surface area contributed by atoms with Crippen LogP contribution in [0.1, 0.15) is 26.2 Å². The molecule has 0 aromatic heterocycles.